The molecule has 0 radical (unpaired) electrons. The van der Waals surface area contributed by atoms with E-state index in [2.05, 4.69) is 56.5 Å². The molecule has 3 heterocycles. The van der Waals surface area contributed by atoms with E-state index < -0.39 is 0 Å². The lowest BCUT2D eigenvalue weighted by atomic mass is 10.0. The summed E-state index contributed by atoms with van der Waals surface area (Å²) in [6, 6.07) is 10.00. The summed E-state index contributed by atoms with van der Waals surface area (Å²) in [5.74, 6) is 0. The molecule has 2 aliphatic rings. The largest absolute Gasteiger partial charge is 0.378 e. The molecule has 1 saturated carbocycles. The van der Waals surface area contributed by atoms with E-state index in [0.29, 0.717) is 0 Å². The zero-order valence-electron chi connectivity index (χ0n) is 13.8. The Balaban J connectivity index is 1.40. The Kier molecular flexibility index (Phi) is 3.10. The summed E-state index contributed by atoms with van der Waals surface area (Å²) < 4.78 is 0. The van der Waals surface area contributed by atoms with Crippen LogP contribution in [0.1, 0.15) is 35.6 Å². The number of nitrogens with one attached hydrogen (secondary N) is 2. The van der Waals surface area contributed by atoms with Gasteiger partial charge in [0.15, 0.2) is 5.65 Å². The van der Waals surface area contributed by atoms with E-state index in [1.165, 1.54) is 35.2 Å². The van der Waals surface area contributed by atoms with Gasteiger partial charge in [-0.2, -0.15) is 0 Å². The first kappa shape index (κ1) is 14.0. The summed E-state index contributed by atoms with van der Waals surface area (Å²) in [7, 11) is 2.23. The molecule has 1 fully saturated rings. The fraction of sp³-hybridized carbons (Fsp3) is 0.368. The van der Waals surface area contributed by atoms with Gasteiger partial charge in [0.25, 0.3) is 0 Å². The van der Waals surface area contributed by atoms with Crippen molar-refractivity contribution >= 4 is 16.9 Å². The Morgan fingerprint density at radius 2 is 2.12 bits per heavy atom. The van der Waals surface area contributed by atoms with Gasteiger partial charge in [-0.25, -0.2) is 9.97 Å². The Labute approximate surface area is 141 Å². The molecule has 5 rings (SSSR count). The minimum absolute atomic E-state index is 0.269. The molecule has 1 aromatic carbocycles. The number of aromatic nitrogens is 3. The summed E-state index contributed by atoms with van der Waals surface area (Å²) in [5.41, 5.74) is 7.10. The number of hydrogen-bond donors (Lipinski definition) is 2. The topological polar surface area (TPSA) is 56.8 Å². The van der Waals surface area contributed by atoms with E-state index in [0.717, 1.165) is 30.2 Å². The third-order valence-corrected chi connectivity index (χ3v) is 5.25. The van der Waals surface area contributed by atoms with E-state index in [1.807, 2.05) is 6.20 Å². The minimum atomic E-state index is 0.269. The second-order valence-electron chi connectivity index (χ2n) is 7.04. The van der Waals surface area contributed by atoms with Crippen LogP contribution in [-0.4, -0.2) is 32.9 Å². The second-order valence-corrected chi connectivity index (χ2v) is 7.04. The van der Waals surface area contributed by atoms with Crippen molar-refractivity contribution in [1.82, 2.24) is 19.9 Å². The van der Waals surface area contributed by atoms with E-state index in [4.69, 9.17) is 0 Å². The van der Waals surface area contributed by atoms with Gasteiger partial charge < -0.3 is 10.3 Å². The molecular weight excluding hydrogens is 298 g/mol. The quantitative estimate of drug-likeness (QED) is 0.775. The molecule has 2 aromatic heterocycles. The van der Waals surface area contributed by atoms with Gasteiger partial charge in [0.1, 0.15) is 5.52 Å². The number of benzene rings is 1. The lowest BCUT2D eigenvalue weighted by Crippen LogP contribution is -2.19. The van der Waals surface area contributed by atoms with Gasteiger partial charge in [0.05, 0.1) is 12.4 Å². The molecule has 2 N–H and O–H groups in total. The highest BCUT2D eigenvalue weighted by Gasteiger charge is 2.27. The van der Waals surface area contributed by atoms with Crippen LogP contribution in [0, 0.1) is 0 Å². The molecular formula is C19H21N5. The number of H-pyrrole nitrogens is 1. The number of pyridine rings is 1. The van der Waals surface area contributed by atoms with Gasteiger partial charge in [-0.15, -0.1) is 0 Å². The first-order chi connectivity index (χ1) is 11.8. The molecule has 1 atom stereocenters. The highest BCUT2D eigenvalue weighted by molar-refractivity contribution is 5.76. The number of anilines is 1. The summed E-state index contributed by atoms with van der Waals surface area (Å²) in [5, 5.41) is 3.65. The summed E-state index contributed by atoms with van der Waals surface area (Å²) in [4.78, 5) is 14.4. The molecule has 0 spiro atoms. The Bertz CT molecular complexity index is 896. The van der Waals surface area contributed by atoms with Crippen molar-refractivity contribution in [1.29, 1.82) is 0 Å². The second kappa shape index (κ2) is 5.31. The zero-order chi connectivity index (χ0) is 16.1. The lowest BCUT2D eigenvalue weighted by molar-refractivity contribution is 0.316. The SMILES string of the molecule is CN(Cc1ccc2c(c1)CC(c1ccnc3[nH]cnc13)N2)C1CC1. The number of rotatable bonds is 4. The van der Waals surface area contributed by atoms with Crippen molar-refractivity contribution < 1.29 is 0 Å². The van der Waals surface area contributed by atoms with Gasteiger partial charge in [-0.3, -0.25) is 4.90 Å². The van der Waals surface area contributed by atoms with Crippen LogP contribution < -0.4 is 5.32 Å². The van der Waals surface area contributed by atoms with Crippen LogP contribution in [0.25, 0.3) is 11.2 Å². The van der Waals surface area contributed by atoms with Crippen LogP contribution in [-0.2, 0) is 13.0 Å². The summed E-state index contributed by atoms with van der Waals surface area (Å²) in [6.07, 6.45) is 7.29. The van der Waals surface area contributed by atoms with E-state index in [-0.39, 0.29) is 6.04 Å². The number of fused-ring (bicyclic) bond motifs is 2. The molecule has 24 heavy (non-hydrogen) atoms. The van der Waals surface area contributed by atoms with Gasteiger partial charge in [-0.1, -0.05) is 12.1 Å². The smallest absolute Gasteiger partial charge is 0.157 e. The van der Waals surface area contributed by atoms with Crippen LogP contribution >= 0.6 is 0 Å². The van der Waals surface area contributed by atoms with Crippen LogP contribution in [0.4, 0.5) is 5.69 Å². The van der Waals surface area contributed by atoms with Gasteiger partial charge in [0.2, 0.25) is 0 Å². The third kappa shape index (κ3) is 2.36. The zero-order valence-corrected chi connectivity index (χ0v) is 13.8. The lowest BCUT2D eigenvalue weighted by Gasteiger charge is -2.16. The van der Waals surface area contributed by atoms with Gasteiger partial charge >= 0.3 is 0 Å². The van der Waals surface area contributed by atoms with Crippen LogP contribution in [0.3, 0.4) is 0 Å². The number of hydrogen-bond acceptors (Lipinski definition) is 4. The van der Waals surface area contributed by atoms with Crippen molar-refractivity contribution in [2.75, 3.05) is 12.4 Å². The van der Waals surface area contributed by atoms with Crippen molar-refractivity contribution in [2.45, 2.75) is 37.9 Å². The normalized spacial score (nSPS) is 19.7. The summed E-state index contributed by atoms with van der Waals surface area (Å²) in [6.45, 7) is 1.04. The molecule has 122 valence electrons. The van der Waals surface area contributed by atoms with E-state index in [1.54, 1.807) is 6.33 Å². The van der Waals surface area contributed by atoms with Crippen molar-refractivity contribution in [2.24, 2.45) is 0 Å². The molecule has 0 saturated heterocycles. The highest BCUT2D eigenvalue weighted by Crippen LogP contribution is 2.37. The predicted molar refractivity (Wildman–Crippen MR) is 94.9 cm³/mol. The third-order valence-electron chi connectivity index (χ3n) is 5.25. The molecule has 0 bridgehead atoms. The van der Waals surface area contributed by atoms with Gasteiger partial charge in [-0.05, 0) is 49.6 Å². The Hall–Kier alpha value is -2.40. The number of nitrogens with zero attached hydrogens (tertiary/aromatic N) is 3. The number of aromatic amines is 1. The van der Waals surface area contributed by atoms with Gasteiger partial charge in [0, 0.05) is 30.0 Å². The van der Waals surface area contributed by atoms with Crippen molar-refractivity contribution in [3.63, 3.8) is 0 Å². The van der Waals surface area contributed by atoms with Crippen LogP contribution in [0.2, 0.25) is 0 Å². The Morgan fingerprint density at radius 3 is 3.00 bits per heavy atom. The molecule has 1 aliphatic carbocycles. The first-order valence-electron chi connectivity index (χ1n) is 8.64. The molecule has 5 nitrogen and oxygen atoms in total. The molecule has 0 amide bonds. The van der Waals surface area contributed by atoms with Crippen LogP contribution in [0.5, 0.6) is 0 Å². The molecule has 3 aromatic rings. The van der Waals surface area contributed by atoms with Crippen LogP contribution in [0.15, 0.2) is 36.8 Å². The van der Waals surface area contributed by atoms with E-state index >= 15 is 0 Å². The van der Waals surface area contributed by atoms with Crippen molar-refractivity contribution in [3.05, 3.63) is 53.5 Å². The standard InChI is InChI=1S/C19H21N5/c1-24(14-3-4-14)10-12-2-5-16-13(8-12)9-17(23-16)15-6-7-20-19-18(15)21-11-22-19/h2,5-8,11,14,17,23H,3-4,9-10H2,1H3,(H,20,21,22). The molecule has 1 unspecified atom stereocenters. The van der Waals surface area contributed by atoms with Crippen molar-refractivity contribution in [3.8, 4) is 0 Å². The predicted octanol–water partition coefficient (Wildman–Crippen LogP) is 3.26. The minimum Gasteiger partial charge on any atom is -0.378 e. The maximum absolute atomic E-state index is 4.44. The summed E-state index contributed by atoms with van der Waals surface area (Å²) >= 11 is 0. The monoisotopic (exact) mass is 319 g/mol. The molecule has 5 heteroatoms. The average Bonchev–Trinajstić information content (AvgIpc) is 3.18. The highest BCUT2D eigenvalue weighted by atomic mass is 15.1. The number of imidazole rings is 1. The average molecular weight is 319 g/mol. The maximum atomic E-state index is 4.44. The fourth-order valence-corrected chi connectivity index (χ4v) is 3.78. The molecule has 1 aliphatic heterocycles. The first-order valence-corrected chi connectivity index (χ1v) is 8.64. The fourth-order valence-electron chi connectivity index (χ4n) is 3.78. The maximum Gasteiger partial charge on any atom is 0.157 e. The van der Waals surface area contributed by atoms with E-state index in [9.17, 15) is 0 Å². The Morgan fingerprint density at radius 1 is 1.21 bits per heavy atom.